The number of amidine groups is 1. The number of hydrogen-bond acceptors (Lipinski definition) is 5. The van der Waals surface area contributed by atoms with Gasteiger partial charge in [0.2, 0.25) is 11.8 Å². The first kappa shape index (κ1) is 26.7. The molecule has 2 aliphatic heterocycles. The van der Waals surface area contributed by atoms with E-state index in [1.165, 1.54) is 19.3 Å². The van der Waals surface area contributed by atoms with Crippen LogP contribution in [0.3, 0.4) is 0 Å². The number of nitrogens with one attached hydrogen (secondary N) is 1. The van der Waals surface area contributed by atoms with Crippen molar-refractivity contribution in [1.29, 1.82) is 5.41 Å². The van der Waals surface area contributed by atoms with Gasteiger partial charge in [0.1, 0.15) is 5.84 Å². The van der Waals surface area contributed by atoms with Crippen LogP contribution in [0.2, 0.25) is 0 Å². The number of rotatable bonds is 5. The zero-order chi connectivity index (χ0) is 26.1. The minimum absolute atomic E-state index is 0. The van der Waals surface area contributed by atoms with Crippen LogP contribution in [-0.4, -0.2) is 71.6 Å². The SMILES string of the molecule is CC.N=C(c1ccccc1S)N1CCN(C[C@@H]2CCCC[C@H]2CN2C(=O)[C@@H]3[C@H]4CC[C@@H](C4)[C@@H]3C2=O)CC1.[HH].[HH]. The molecule has 206 valence electrons. The van der Waals surface area contributed by atoms with Crippen molar-refractivity contribution in [2.24, 2.45) is 35.5 Å². The maximum absolute atomic E-state index is 13.3. The van der Waals surface area contributed by atoms with Gasteiger partial charge in [0.25, 0.3) is 0 Å². The van der Waals surface area contributed by atoms with Crippen LogP contribution in [0.15, 0.2) is 29.2 Å². The van der Waals surface area contributed by atoms with Crippen molar-refractivity contribution in [2.45, 2.75) is 63.7 Å². The molecule has 3 aliphatic carbocycles. The molecule has 2 saturated heterocycles. The van der Waals surface area contributed by atoms with Gasteiger partial charge in [-0.2, -0.15) is 0 Å². The Bertz CT molecular complexity index is 990. The number of thiol groups is 1. The van der Waals surface area contributed by atoms with E-state index in [2.05, 4.69) is 22.4 Å². The standard InChI is InChI=1S/C28H38N4O2S.C2H6.2H2/c29-26(22-7-3-4-8-23(22)35)31-13-11-30(12-14-31)16-20-5-1-2-6-21(20)17-32-27(33)24-18-9-10-19(15-18)25(24)28(32)34;1-2;;/h3-4,7-8,18-21,24-25,29,35H,1-2,5-6,9-17H2;1-2H3;2*1H/t18-,19-,20-,21-,24-,25+;;;/m0.../s1. The van der Waals surface area contributed by atoms with Crippen LogP contribution in [-0.2, 0) is 9.59 Å². The number of carbonyl (C=O) groups is 2. The second kappa shape index (κ2) is 11.5. The minimum Gasteiger partial charge on any atom is -0.354 e. The number of fused-ring (bicyclic) bond motifs is 5. The summed E-state index contributed by atoms with van der Waals surface area (Å²) in [6, 6.07) is 7.85. The normalized spacial score (nSPS) is 33.4. The Morgan fingerprint density at radius 1 is 0.892 bits per heavy atom. The molecule has 7 heteroatoms. The number of nitrogens with zero attached hydrogens (tertiary/aromatic N) is 3. The smallest absolute Gasteiger partial charge is 0.233 e. The second-order valence-corrected chi connectivity index (χ2v) is 12.1. The van der Waals surface area contributed by atoms with Gasteiger partial charge in [-0.3, -0.25) is 24.8 Å². The largest absolute Gasteiger partial charge is 0.354 e. The molecule has 6 rings (SSSR count). The van der Waals surface area contributed by atoms with Crippen molar-refractivity contribution in [1.82, 2.24) is 14.7 Å². The summed E-state index contributed by atoms with van der Waals surface area (Å²) in [5, 5.41) is 8.65. The molecule has 6 atom stereocenters. The van der Waals surface area contributed by atoms with E-state index in [4.69, 9.17) is 5.41 Å². The first-order valence-corrected chi connectivity index (χ1v) is 15.2. The number of amides is 2. The molecule has 0 spiro atoms. The molecule has 2 bridgehead atoms. The molecule has 5 aliphatic rings. The van der Waals surface area contributed by atoms with Gasteiger partial charge in [-0.15, -0.1) is 12.6 Å². The molecular formula is C30H48N4O2S. The van der Waals surface area contributed by atoms with Crippen LogP contribution >= 0.6 is 12.6 Å². The molecule has 0 aromatic heterocycles. The van der Waals surface area contributed by atoms with E-state index in [0.717, 1.165) is 68.9 Å². The Labute approximate surface area is 231 Å². The molecule has 6 nitrogen and oxygen atoms in total. The lowest BCUT2D eigenvalue weighted by Crippen LogP contribution is -2.51. The van der Waals surface area contributed by atoms with Crippen molar-refractivity contribution in [3.8, 4) is 0 Å². The van der Waals surface area contributed by atoms with E-state index in [-0.39, 0.29) is 26.5 Å². The third kappa shape index (κ3) is 5.10. The monoisotopic (exact) mass is 528 g/mol. The predicted molar refractivity (Wildman–Crippen MR) is 154 cm³/mol. The molecule has 0 radical (unpaired) electrons. The zero-order valence-electron chi connectivity index (χ0n) is 22.6. The van der Waals surface area contributed by atoms with Crippen molar-refractivity contribution < 1.29 is 12.4 Å². The quantitative estimate of drug-likeness (QED) is 0.236. The van der Waals surface area contributed by atoms with Gasteiger partial charge in [0.15, 0.2) is 0 Å². The average molecular weight is 529 g/mol. The first-order chi connectivity index (χ1) is 18.0. The molecule has 1 aromatic carbocycles. The van der Waals surface area contributed by atoms with Crippen LogP contribution in [0.25, 0.3) is 0 Å². The maximum atomic E-state index is 13.3. The molecule has 0 unspecified atom stereocenters. The van der Waals surface area contributed by atoms with Crippen LogP contribution in [0.5, 0.6) is 0 Å². The summed E-state index contributed by atoms with van der Waals surface area (Å²) in [5.41, 5.74) is 0.898. The lowest BCUT2D eigenvalue weighted by atomic mass is 9.78. The number of carbonyl (C=O) groups excluding carboxylic acids is 2. The van der Waals surface area contributed by atoms with E-state index < -0.39 is 0 Å². The first-order valence-electron chi connectivity index (χ1n) is 14.7. The molecular weight excluding hydrogens is 480 g/mol. The number of likely N-dealkylation sites (tertiary alicyclic amines) is 1. The molecule has 3 saturated carbocycles. The fraction of sp³-hybridized carbons (Fsp3) is 0.700. The Kier molecular flexibility index (Phi) is 8.30. The van der Waals surface area contributed by atoms with Gasteiger partial charge < -0.3 is 4.90 Å². The Balaban J connectivity index is 0.00000103. The summed E-state index contributed by atoms with van der Waals surface area (Å²) in [6.45, 7) is 9.31. The summed E-state index contributed by atoms with van der Waals surface area (Å²) < 4.78 is 0. The molecule has 1 N–H and O–H groups in total. The van der Waals surface area contributed by atoms with Crippen molar-refractivity contribution in [2.75, 3.05) is 39.3 Å². The van der Waals surface area contributed by atoms with Crippen LogP contribution < -0.4 is 0 Å². The lowest BCUT2D eigenvalue weighted by molar-refractivity contribution is -0.142. The predicted octanol–water partition coefficient (Wildman–Crippen LogP) is 5.27. The van der Waals surface area contributed by atoms with Gasteiger partial charge >= 0.3 is 0 Å². The maximum Gasteiger partial charge on any atom is 0.233 e. The molecule has 2 amide bonds. The van der Waals surface area contributed by atoms with Gasteiger partial charge in [-0.05, 0) is 61.8 Å². The van der Waals surface area contributed by atoms with Crippen molar-refractivity contribution in [3.05, 3.63) is 29.8 Å². The van der Waals surface area contributed by atoms with Gasteiger partial charge in [0.05, 0.1) is 11.8 Å². The number of benzene rings is 1. The average Bonchev–Trinajstić information content (AvgIpc) is 3.61. The summed E-state index contributed by atoms with van der Waals surface area (Å²) in [6.07, 6.45) is 8.19. The fourth-order valence-corrected chi connectivity index (χ4v) is 8.25. The summed E-state index contributed by atoms with van der Waals surface area (Å²) in [7, 11) is 0. The van der Waals surface area contributed by atoms with Crippen molar-refractivity contribution >= 4 is 30.3 Å². The molecule has 1 aromatic rings. The highest BCUT2D eigenvalue weighted by Gasteiger charge is 2.61. The van der Waals surface area contributed by atoms with Gasteiger partial charge in [-0.25, -0.2) is 0 Å². The third-order valence-corrected chi connectivity index (χ3v) is 10.2. The van der Waals surface area contributed by atoms with E-state index in [1.54, 1.807) is 4.90 Å². The van der Waals surface area contributed by atoms with Gasteiger partial charge in [-0.1, -0.05) is 44.9 Å². The molecule has 37 heavy (non-hydrogen) atoms. The Hall–Kier alpha value is -1.86. The Morgan fingerprint density at radius 2 is 1.46 bits per heavy atom. The van der Waals surface area contributed by atoms with Crippen LogP contribution in [0.1, 0.15) is 67.2 Å². The highest BCUT2D eigenvalue weighted by atomic mass is 32.1. The van der Waals surface area contributed by atoms with Crippen LogP contribution in [0.4, 0.5) is 0 Å². The Morgan fingerprint density at radius 3 is 2.05 bits per heavy atom. The second-order valence-electron chi connectivity index (χ2n) is 11.6. The topological polar surface area (TPSA) is 67.7 Å². The lowest BCUT2D eigenvalue weighted by Gasteiger charge is -2.41. The fourth-order valence-electron chi connectivity index (χ4n) is 7.98. The minimum atomic E-state index is 0. The zero-order valence-corrected chi connectivity index (χ0v) is 23.5. The summed E-state index contributed by atoms with van der Waals surface area (Å²) >= 11 is 4.54. The molecule has 5 fully saturated rings. The van der Waals surface area contributed by atoms with Crippen LogP contribution in [0, 0.1) is 40.9 Å². The third-order valence-electron chi connectivity index (χ3n) is 9.84. The van der Waals surface area contributed by atoms with E-state index in [1.807, 2.05) is 38.1 Å². The molecule has 2 heterocycles. The number of piperazine rings is 1. The van der Waals surface area contributed by atoms with Crippen molar-refractivity contribution in [3.63, 3.8) is 0 Å². The highest BCUT2D eigenvalue weighted by Crippen LogP contribution is 2.56. The van der Waals surface area contributed by atoms with Gasteiger partial charge in [0, 0.05) is 52.6 Å². The van der Waals surface area contributed by atoms with E-state index in [9.17, 15) is 9.59 Å². The number of imide groups is 1. The summed E-state index contributed by atoms with van der Waals surface area (Å²) in [5.74, 6) is 2.82. The van der Waals surface area contributed by atoms with E-state index >= 15 is 0 Å². The number of hydrogen-bond donors (Lipinski definition) is 2. The highest BCUT2D eigenvalue weighted by molar-refractivity contribution is 7.80. The summed E-state index contributed by atoms with van der Waals surface area (Å²) in [4.78, 5) is 33.8. The van der Waals surface area contributed by atoms with E-state index in [0.29, 0.717) is 36.1 Å².